The molecule has 1 fully saturated rings. The van der Waals surface area contributed by atoms with Gasteiger partial charge in [-0.15, -0.1) is 0 Å². The monoisotopic (exact) mass is 253 g/mol. The lowest BCUT2D eigenvalue weighted by atomic mass is 9.77. The zero-order valence-electron chi connectivity index (χ0n) is 10.4. The maximum atomic E-state index is 11.6. The van der Waals surface area contributed by atoms with Gasteiger partial charge in [0.15, 0.2) is 0 Å². The molecular weight excluding hydrogens is 234 g/mol. The summed E-state index contributed by atoms with van der Waals surface area (Å²) in [5.41, 5.74) is 1.18. The second-order valence-corrected chi connectivity index (χ2v) is 7.11. The molecular formula is C13H19NO2S. The quantitative estimate of drug-likeness (QED) is 0.808. The number of hydrogen-bond donors (Lipinski definition) is 0. The standard InChI is InChI=1S/C13H19NO2S/c1-13(12-7-4-3-5-8-12)9-6-10-14(11-13)17(2,15)16/h3-5,7-8H,6,9-11H2,1-2H3/t13-/m1/s1. The van der Waals surface area contributed by atoms with Gasteiger partial charge < -0.3 is 0 Å². The molecule has 1 aliphatic rings. The van der Waals surface area contributed by atoms with E-state index in [0.717, 1.165) is 12.8 Å². The highest BCUT2D eigenvalue weighted by Crippen LogP contribution is 2.34. The molecule has 0 saturated carbocycles. The number of rotatable bonds is 2. The molecule has 1 heterocycles. The van der Waals surface area contributed by atoms with Gasteiger partial charge >= 0.3 is 0 Å². The molecule has 0 aromatic heterocycles. The van der Waals surface area contributed by atoms with Gasteiger partial charge in [0.1, 0.15) is 0 Å². The van der Waals surface area contributed by atoms with Crippen LogP contribution in [0.4, 0.5) is 0 Å². The van der Waals surface area contributed by atoms with Crippen LogP contribution >= 0.6 is 0 Å². The molecule has 1 aromatic rings. The molecule has 0 amide bonds. The molecule has 2 rings (SSSR count). The Bertz CT molecular complexity index is 483. The average Bonchev–Trinajstić information content (AvgIpc) is 2.29. The Morgan fingerprint density at radius 3 is 2.47 bits per heavy atom. The van der Waals surface area contributed by atoms with E-state index in [-0.39, 0.29) is 5.41 Å². The van der Waals surface area contributed by atoms with Crippen molar-refractivity contribution in [3.8, 4) is 0 Å². The summed E-state index contributed by atoms with van der Waals surface area (Å²) in [6, 6.07) is 10.2. The maximum Gasteiger partial charge on any atom is 0.211 e. The van der Waals surface area contributed by atoms with Crippen LogP contribution < -0.4 is 0 Å². The number of piperidine rings is 1. The lowest BCUT2D eigenvalue weighted by Gasteiger charge is -2.39. The van der Waals surface area contributed by atoms with Crippen molar-refractivity contribution in [1.29, 1.82) is 0 Å². The van der Waals surface area contributed by atoms with Crippen molar-refractivity contribution in [2.24, 2.45) is 0 Å². The molecule has 1 aromatic carbocycles. The SMILES string of the molecule is C[C@@]1(c2ccccc2)CCCN(S(C)(=O)=O)C1. The molecule has 0 N–H and O–H groups in total. The van der Waals surface area contributed by atoms with Crippen molar-refractivity contribution >= 4 is 10.0 Å². The lowest BCUT2D eigenvalue weighted by molar-refractivity contribution is 0.241. The van der Waals surface area contributed by atoms with Crippen LogP contribution in [0, 0.1) is 0 Å². The molecule has 1 atom stereocenters. The molecule has 0 aliphatic carbocycles. The summed E-state index contributed by atoms with van der Waals surface area (Å²) in [4.78, 5) is 0. The minimum atomic E-state index is -3.07. The molecule has 0 radical (unpaired) electrons. The van der Waals surface area contributed by atoms with Crippen LogP contribution in [0.5, 0.6) is 0 Å². The van der Waals surface area contributed by atoms with Gasteiger partial charge in [-0.2, -0.15) is 0 Å². The Kier molecular flexibility index (Phi) is 3.27. The number of hydrogen-bond acceptors (Lipinski definition) is 2. The maximum absolute atomic E-state index is 11.6. The molecule has 94 valence electrons. The fraction of sp³-hybridized carbons (Fsp3) is 0.538. The van der Waals surface area contributed by atoms with Crippen LogP contribution in [0.15, 0.2) is 30.3 Å². The number of nitrogens with zero attached hydrogens (tertiary/aromatic N) is 1. The first-order valence-corrected chi connectivity index (χ1v) is 7.77. The predicted molar refractivity (Wildman–Crippen MR) is 69.4 cm³/mol. The van der Waals surface area contributed by atoms with Crippen LogP contribution in [0.1, 0.15) is 25.3 Å². The fourth-order valence-corrected chi connectivity index (χ4v) is 3.53. The predicted octanol–water partition coefficient (Wildman–Crippen LogP) is 2.00. The van der Waals surface area contributed by atoms with Gasteiger partial charge in [0.25, 0.3) is 0 Å². The highest BCUT2D eigenvalue weighted by molar-refractivity contribution is 7.88. The van der Waals surface area contributed by atoms with E-state index in [4.69, 9.17) is 0 Å². The highest BCUT2D eigenvalue weighted by atomic mass is 32.2. The van der Waals surface area contributed by atoms with E-state index in [1.54, 1.807) is 4.31 Å². The molecule has 0 bridgehead atoms. The average molecular weight is 253 g/mol. The van der Waals surface area contributed by atoms with E-state index < -0.39 is 10.0 Å². The molecule has 1 saturated heterocycles. The first kappa shape index (κ1) is 12.6. The summed E-state index contributed by atoms with van der Waals surface area (Å²) in [7, 11) is -3.07. The third-order valence-electron chi connectivity index (χ3n) is 3.60. The topological polar surface area (TPSA) is 37.4 Å². The zero-order valence-corrected chi connectivity index (χ0v) is 11.2. The van der Waals surface area contributed by atoms with Crippen molar-refractivity contribution in [3.63, 3.8) is 0 Å². The van der Waals surface area contributed by atoms with Gasteiger partial charge in [-0.3, -0.25) is 0 Å². The van der Waals surface area contributed by atoms with E-state index in [1.807, 2.05) is 18.2 Å². The first-order valence-electron chi connectivity index (χ1n) is 5.92. The van der Waals surface area contributed by atoms with Crippen LogP contribution in [0.2, 0.25) is 0 Å². The lowest BCUT2D eigenvalue weighted by Crippen LogP contribution is -2.46. The van der Waals surface area contributed by atoms with Gasteiger partial charge in [0.2, 0.25) is 10.0 Å². The highest BCUT2D eigenvalue weighted by Gasteiger charge is 2.35. The summed E-state index contributed by atoms with van der Waals surface area (Å²) in [6.07, 6.45) is 3.27. The zero-order chi connectivity index (χ0) is 12.5. The molecule has 17 heavy (non-hydrogen) atoms. The minimum absolute atomic E-state index is 0.0530. The molecule has 0 spiro atoms. The Balaban J connectivity index is 2.27. The van der Waals surface area contributed by atoms with E-state index in [0.29, 0.717) is 13.1 Å². The summed E-state index contributed by atoms with van der Waals surface area (Å²) < 4.78 is 24.9. The summed E-state index contributed by atoms with van der Waals surface area (Å²) >= 11 is 0. The van der Waals surface area contributed by atoms with Crippen LogP contribution in [-0.4, -0.2) is 32.1 Å². The number of sulfonamides is 1. The summed E-state index contributed by atoms with van der Waals surface area (Å²) in [5, 5.41) is 0. The van der Waals surface area contributed by atoms with E-state index >= 15 is 0 Å². The molecule has 1 aliphatic heterocycles. The first-order chi connectivity index (χ1) is 7.92. The van der Waals surface area contributed by atoms with E-state index in [1.165, 1.54) is 11.8 Å². The molecule has 0 unspecified atom stereocenters. The van der Waals surface area contributed by atoms with Crippen molar-refractivity contribution in [1.82, 2.24) is 4.31 Å². The smallest absolute Gasteiger partial charge is 0.211 e. The van der Waals surface area contributed by atoms with Crippen molar-refractivity contribution < 1.29 is 8.42 Å². The van der Waals surface area contributed by atoms with Crippen molar-refractivity contribution in [3.05, 3.63) is 35.9 Å². The Hall–Kier alpha value is -0.870. The van der Waals surface area contributed by atoms with Crippen LogP contribution in [-0.2, 0) is 15.4 Å². The Labute approximate surface area is 104 Å². The third kappa shape index (κ3) is 2.69. The molecule has 3 nitrogen and oxygen atoms in total. The third-order valence-corrected chi connectivity index (χ3v) is 4.85. The van der Waals surface area contributed by atoms with Gasteiger partial charge in [0.05, 0.1) is 6.26 Å². The molecule has 4 heteroatoms. The summed E-state index contributed by atoms with van der Waals surface area (Å²) in [5.74, 6) is 0. The second-order valence-electron chi connectivity index (χ2n) is 5.13. The normalized spacial score (nSPS) is 26.9. The van der Waals surface area contributed by atoms with Gasteiger partial charge in [0, 0.05) is 18.5 Å². The van der Waals surface area contributed by atoms with Crippen LogP contribution in [0.25, 0.3) is 0 Å². The Morgan fingerprint density at radius 1 is 1.24 bits per heavy atom. The minimum Gasteiger partial charge on any atom is -0.213 e. The second kappa shape index (κ2) is 4.42. The van der Waals surface area contributed by atoms with Gasteiger partial charge in [-0.1, -0.05) is 37.3 Å². The Morgan fingerprint density at radius 2 is 1.88 bits per heavy atom. The van der Waals surface area contributed by atoms with Crippen molar-refractivity contribution in [2.45, 2.75) is 25.2 Å². The van der Waals surface area contributed by atoms with E-state index in [9.17, 15) is 8.42 Å². The largest absolute Gasteiger partial charge is 0.213 e. The van der Waals surface area contributed by atoms with Crippen molar-refractivity contribution in [2.75, 3.05) is 19.3 Å². The van der Waals surface area contributed by atoms with Gasteiger partial charge in [-0.25, -0.2) is 12.7 Å². The van der Waals surface area contributed by atoms with Crippen LogP contribution in [0.3, 0.4) is 0 Å². The van der Waals surface area contributed by atoms with Gasteiger partial charge in [-0.05, 0) is 18.4 Å². The number of benzene rings is 1. The fourth-order valence-electron chi connectivity index (χ4n) is 2.55. The van der Waals surface area contributed by atoms with E-state index in [2.05, 4.69) is 19.1 Å². The summed E-state index contributed by atoms with van der Waals surface area (Å²) in [6.45, 7) is 3.40.